The van der Waals surface area contributed by atoms with Crippen LogP contribution in [0.5, 0.6) is 0 Å². The Morgan fingerprint density at radius 2 is 1.82 bits per heavy atom. The maximum Gasteiger partial charge on any atom is 0.251 e. The molecule has 1 radical (unpaired) electrons. The van der Waals surface area contributed by atoms with Crippen molar-refractivity contribution in [3.8, 4) is 0 Å². The lowest BCUT2D eigenvalue weighted by Crippen LogP contribution is -2.49. The molecule has 0 saturated heterocycles. The highest BCUT2D eigenvalue weighted by Gasteiger charge is 2.49. The second-order valence-electron chi connectivity index (χ2n) is 8.13. The first-order valence-corrected chi connectivity index (χ1v) is 10.4. The summed E-state index contributed by atoms with van der Waals surface area (Å²) in [6, 6.07) is 8.18. The molecule has 3 aliphatic rings. The summed E-state index contributed by atoms with van der Waals surface area (Å²) in [7, 11) is 0. The minimum absolute atomic E-state index is 0.0249. The fourth-order valence-corrected chi connectivity index (χ4v) is 4.76. The molecule has 153 valence electrons. The summed E-state index contributed by atoms with van der Waals surface area (Å²) >= 11 is 0. The molecule has 0 aromatic heterocycles. The molecular formula is C22H33N4O2. The number of benzene rings is 1. The van der Waals surface area contributed by atoms with Crippen molar-refractivity contribution in [2.24, 2.45) is 5.73 Å². The number of hydrogen-bond donors (Lipinski definition) is 4. The van der Waals surface area contributed by atoms with E-state index in [0.29, 0.717) is 12.1 Å². The van der Waals surface area contributed by atoms with Gasteiger partial charge in [-0.2, -0.15) is 0 Å². The molecule has 1 aromatic carbocycles. The summed E-state index contributed by atoms with van der Waals surface area (Å²) in [6.45, 7) is 5.30. The standard InChI is InChI=1S/C22H33N4O2/c1-2-28-22-12-9-21(10-13-22,11-14-22)18-7-5-17(6-8-18)19(27)25-15-3-4-16-26-20(23)24/h5-8,15H,2-4,9-14,16H2,1H3,(H,25,27)(H4,23,24,26). The van der Waals surface area contributed by atoms with E-state index in [1.807, 2.05) is 12.1 Å². The van der Waals surface area contributed by atoms with Gasteiger partial charge in [0.1, 0.15) is 0 Å². The van der Waals surface area contributed by atoms with E-state index in [-0.39, 0.29) is 22.9 Å². The molecule has 6 nitrogen and oxygen atoms in total. The van der Waals surface area contributed by atoms with E-state index in [9.17, 15) is 4.79 Å². The number of carbonyl (C=O) groups excluding carboxylic acids is 1. The van der Waals surface area contributed by atoms with E-state index in [4.69, 9.17) is 15.9 Å². The van der Waals surface area contributed by atoms with Crippen molar-refractivity contribution in [2.45, 2.75) is 69.3 Å². The van der Waals surface area contributed by atoms with Gasteiger partial charge in [0.25, 0.3) is 5.91 Å². The zero-order valence-corrected chi connectivity index (χ0v) is 16.9. The molecule has 0 aliphatic heterocycles. The minimum atomic E-state index is -0.0776. The van der Waals surface area contributed by atoms with Crippen molar-refractivity contribution in [2.75, 3.05) is 13.2 Å². The van der Waals surface area contributed by atoms with Gasteiger partial charge in [-0.1, -0.05) is 12.1 Å². The van der Waals surface area contributed by atoms with E-state index in [2.05, 4.69) is 29.7 Å². The Morgan fingerprint density at radius 3 is 2.39 bits per heavy atom. The first-order valence-electron chi connectivity index (χ1n) is 10.4. The van der Waals surface area contributed by atoms with Crippen LogP contribution in [0, 0.1) is 12.0 Å². The molecule has 2 bridgehead atoms. The summed E-state index contributed by atoms with van der Waals surface area (Å²) in [4.78, 5) is 12.3. The van der Waals surface area contributed by atoms with Gasteiger partial charge in [0.05, 0.1) is 5.60 Å². The van der Waals surface area contributed by atoms with E-state index >= 15 is 0 Å². The quantitative estimate of drug-likeness (QED) is 0.298. The number of hydrogen-bond acceptors (Lipinski definition) is 3. The Hall–Kier alpha value is -2.08. The first kappa shape index (κ1) is 20.6. The van der Waals surface area contributed by atoms with Crippen molar-refractivity contribution >= 4 is 11.9 Å². The summed E-state index contributed by atoms with van der Waals surface area (Å²) in [5.41, 5.74) is 7.68. The van der Waals surface area contributed by atoms with Gasteiger partial charge >= 0.3 is 0 Å². The van der Waals surface area contributed by atoms with Gasteiger partial charge in [-0.3, -0.25) is 10.2 Å². The lowest BCUT2D eigenvalue weighted by Gasteiger charge is -2.53. The van der Waals surface area contributed by atoms with Crippen LogP contribution in [-0.2, 0) is 10.2 Å². The van der Waals surface area contributed by atoms with Gasteiger partial charge in [-0.25, -0.2) is 0 Å². The lowest BCUT2D eigenvalue weighted by molar-refractivity contribution is -0.114. The highest BCUT2D eigenvalue weighted by molar-refractivity contribution is 5.94. The van der Waals surface area contributed by atoms with E-state index in [1.165, 1.54) is 24.8 Å². The minimum Gasteiger partial charge on any atom is -0.375 e. The van der Waals surface area contributed by atoms with Crippen molar-refractivity contribution in [1.29, 1.82) is 5.41 Å². The monoisotopic (exact) mass is 385 g/mol. The number of nitrogens with two attached hydrogens (primary N) is 1. The molecule has 3 aliphatic carbocycles. The SMILES string of the molecule is CCOC12CCC(c3ccc(C(=O)N[CH]CCCNC(=N)N)cc3)(CC1)CC2. The number of guanidine groups is 1. The average molecular weight is 386 g/mol. The van der Waals surface area contributed by atoms with Crippen LogP contribution >= 0.6 is 0 Å². The molecule has 0 heterocycles. The maximum absolute atomic E-state index is 12.3. The smallest absolute Gasteiger partial charge is 0.251 e. The number of nitrogens with one attached hydrogen (secondary N) is 3. The number of ether oxygens (including phenoxy) is 1. The third-order valence-electron chi connectivity index (χ3n) is 6.46. The van der Waals surface area contributed by atoms with Crippen LogP contribution in [0.2, 0.25) is 0 Å². The summed E-state index contributed by atoms with van der Waals surface area (Å²) in [5.74, 6) is -0.102. The normalized spacial score (nSPS) is 26.0. The number of rotatable bonds is 9. The molecule has 0 unspecified atom stereocenters. The fraction of sp³-hybridized carbons (Fsp3) is 0.591. The molecule has 4 rings (SSSR count). The largest absolute Gasteiger partial charge is 0.375 e. The third kappa shape index (κ3) is 4.66. The maximum atomic E-state index is 12.3. The van der Waals surface area contributed by atoms with Crippen molar-refractivity contribution < 1.29 is 9.53 Å². The Bertz CT molecular complexity index is 662. The molecule has 1 aromatic rings. The van der Waals surface area contributed by atoms with Gasteiger partial charge in [0.2, 0.25) is 0 Å². The predicted octanol–water partition coefficient (Wildman–Crippen LogP) is 3.22. The Kier molecular flexibility index (Phi) is 6.60. The molecule has 0 atom stereocenters. The summed E-state index contributed by atoms with van der Waals surface area (Å²) in [6.07, 6.45) is 8.53. The Morgan fingerprint density at radius 1 is 1.18 bits per heavy atom. The predicted molar refractivity (Wildman–Crippen MR) is 111 cm³/mol. The van der Waals surface area contributed by atoms with Gasteiger partial charge in [-0.15, -0.1) is 0 Å². The van der Waals surface area contributed by atoms with Crippen LogP contribution in [0.15, 0.2) is 24.3 Å². The zero-order chi connectivity index (χ0) is 20.0. The van der Waals surface area contributed by atoms with Crippen LogP contribution in [-0.4, -0.2) is 30.6 Å². The van der Waals surface area contributed by atoms with Gasteiger partial charge in [0, 0.05) is 25.3 Å². The zero-order valence-electron chi connectivity index (χ0n) is 16.9. The fourth-order valence-electron chi connectivity index (χ4n) is 4.76. The van der Waals surface area contributed by atoms with Crippen molar-refractivity contribution in [1.82, 2.24) is 10.6 Å². The molecule has 0 spiro atoms. The topological polar surface area (TPSA) is 100 Å². The average Bonchev–Trinajstić information content (AvgIpc) is 2.72. The van der Waals surface area contributed by atoms with Crippen LogP contribution in [0.25, 0.3) is 0 Å². The highest BCUT2D eigenvalue weighted by Crippen LogP contribution is 2.54. The molecule has 1 amide bonds. The van der Waals surface area contributed by atoms with Crippen LogP contribution < -0.4 is 16.4 Å². The molecule has 3 saturated carbocycles. The third-order valence-corrected chi connectivity index (χ3v) is 6.46. The highest BCUT2D eigenvalue weighted by atomic mass is 16.5. The molecule has 28 heavy (non-hydrogen) atoms. The van der Waals surface area contributed by atoms with Crippen molar-refractivity contribution in [3.05, 3.63) is 41.9 Å². The van der Waals surface area contributed by atoms with Gasteiger partial charge in [-0.05, 0) is 81.4 Å². The molecule has 3 fully saturated rings. The number of carbonyl (C=O) groups is 1. The van der Waals surface area contributed by atoms with E-state index in [1.54, 1.807) is 6.54 Å². The van der Waals surface area contributed by atoms with E-state index in [0.717, 1.165) is 38.7 Å². The summed E-state index contributed by atoms with van der Waals surface area (Å²) in [5, 5.41) is 12.7. The Labute approximate surface area is 168 Å². The van der Waals surface area contributed by atoms with Gasteiger partial charge in [0.15, 0.2) is 5.96 Å². The molecule has 6 heteroatoms. The lowest BCUT2D eigenvalue weighted by atomic mass is 9.56. The number of unbranched alkanes of at least 4 members (excludes halogenated alkanes) is 1. The van der Waals surface area contributed by atoms with Crippen LogP contribution in [0.3, 0.4) is 0 Å². The number of fused-ring (bicyclic) bond motifs is 3. The Balaban J connectivity index is 1.49. The second kappa shape index (κ2) is 8.95. The molecule has 5 N–H and O–H groups in total. The first-order chi connectivity index (χ1) is 13.5. The molecular weight excluding hydrogens is 352 g/mol. The van der Waals surface area contributed by atoms with Crippen LogP contribution in [0.1, 0.15) is 74.2 Å². The number of amides is 1. The van der Waals surface area contributed by atoms with E-state index < -0.39 is 0 Å². The summed E-state index contributed by atoms with van der Waals surface area (Å²) < 4.78 is 6.09. The van der Waals surface area contributed by atoms with Crippen LogP contribution in [0.4, 0.5) is 0 Å². The second-order valence-corrected chi connectivity index (χ2v) is 8.13. The van der Waals surface area contributed by atoms with Crippen molar-refractivity contribution in [3.63, 3.8) is 0 Å². The van der Waals surface area contributed by atoms with Gasteiger partial charge < -0.3 is 21.1 Å².